The van der Waals surface area contributed by atoms with Gasteiger partial charge in [0.2, 0.25) is 0 Å². The first-order chi connectivity index (χ1) is 13.7. The zero-order chi connectivity index (χ0) is 20.2. The summed E-state index contributed by atoms with van der Waals surface area (Å²) in [6.45, 7) is 7.27. The SMILES string of the molecule is CCOc1ccc(OCC(=O)N/N=C\c2ccc(OCC)c(OCC)c2)cc1. The molecule has 150 valence electrons. The van der Waals surface area contributed by atoms with E-state index < -0.39 is 0 Å². The van der Waals surface area contributed by atoms with Crippen LogP contribution in [0.5, 0.6) is 23.0 Å². The van der Waals surface area contributed by atoms with Crippen LogP contribution in [0.3, 0.4) is 0 Å². The van der Waals surface area contributed by atoms with E-state index in [1.54, 1.807) is 30.3 Å². The summed E-state index contributed by atoms with van der Waals surface area (Å²) in [6, 6.07) is 12.5. The molecule has 0 aliphatic carbocycles. The number of hydrazone groups is 1. The summed E-state index contributed by atoms with van der Waals surface area (Å²) < 4.78 is 21.9. The molecule has 0 saturated carbocycles. The van der Waals surface area contributed by atoms with Gasteiger partial charge in [0.05, 0.1) is 26.0 Å². The lowest BCUT2D eigenvalue weighted by atomic mass is 10.2. The number of nitrogens with one attached hydrogen (secondary N) is 1. The minimum absolute atomic E-state index is 0.140. The number of rotatable bonds is 11. The van der Waals surface area contributed by atoms with Crippen LogP contribution in [0.1, 0.15) is 26.3 Å². The van der Waals surface area contributed by atoms with Crippen molar-refractivity contribution in [1.29, 1.82) is 0 Å². The van der Waals surface area contributed by atoms with Crippen LogP contribution in [0.25, 0.3) is 0 Å². The molecule has 0 unspecified atom stereocenters. The average Bonchev–Trinajstić information content (AvgIpc) is 2.70. The van der Waals surface area contributed by atoms with Gasteiger partial charge in [-0.2, -0.15) is 5.10 Å². The number of nitrogens with zero attached hydrogens (tertiary/aromatic N) is 1. The Labute approximate surface area is 165 Å². The number of amides is 1. The van der Waals surface area contributed by atoms with Crippen molar-refractivity contribution in [3.8, 4) is 23.0 Å². The number of ether oxygens (including phenoxy) is 4. The molecule has 0 spiro atoms. The average molecular weight is 386 g/mol. The second-order valence-electron chi connectivity index (χ2n) is 5.56. The van der Waals surface area contributed by atoms with E-state index in [0.717, 1.165) is 11.3 Å². The fourth-order valence-electron chi connectivity index (χ4n) is 2.31. The fraction of sp³-hybridized carbons (Fsp3) is 0.333. The van der Waals surface area contributed by atoms with Gasteiger partial charge in [-0.3, -0.25) is 4.79 Å². The predicted molar refractivity (Wildman–Crippen MR) is 108 cm³/mol. The minimum atomic E-state index is -0.360. The van der Waals surface area contributed by atoms with Crippen LogP contribution >= 0.6 is 0 Å². The van der Waals surface area contributed by atoms with Crippen LogP contribution in [0.4, 0.5) is 0 Å². The van der Waals surface area contributed by atoms with Crippen molar-refractivity contribution in [2.75, 3.05) is 26.4 Å². The maximum Gasteiger partial charge on any atom is 0.277 e. The number of carbonyl (C=O) groups is 1. The quantitative estimate of drug-likeness (QED) is 0.473. The van der Waals surface area contributed by atoms with Crippen LogP contribution < -0.4 is 24.4 Å². The Kier molecular flexibility index (Phi) is 8.65. The second-order valence-corrected chi connectivity index (χ2v) is 5.56. The molecule has 7 heteroatoms. The van der Waals surface area contributed by atoms with E-state index in [9.17, 15) is 4.79 Å². The zero-order valence-electron chi connectivity index (χ0n) is 16.4. The number of hydrogen-bond donors (Lipinski definition) is 1. The minimum Gasteiger partial charge on any atom is -0.494 e. The first-order valence-corrected chi connectivity index (χ1v) is 9.23. The summed E-state index contributed by atoms with van der Waals surface area (Å²) in [5.41, 5.74) is 3.21. The molecule has 1 N–H and O–H groups in total. The van der Waals surface area contributed by atoms with Gasteiger partial charge in [0.1, 0.15) is 11.5 Å². The summed E-state index contributed by atoms with van der Waals surface area (Å²) in [5, 5.41) is 3.95. The van der Waals surface area contributed by atoms with Gasteiger partial charge in [0.15, 0.2) is 18.1 Å². The summed E-state index contributed by atoms with van der Waals surface area (Å²) in [7, 11) is 0. The molecule has 28 heavy (non-hydrogen) atoms. The van der Waals surface area contributed by atoms with Gasteiger partial charge in [0, 0.05) is 0 Å². The van der Waals surface area contributed by atoms with Crippen molar-refractivity contribution in [2.45, 2.75) is 20.8 Å². The van der Waals surface area contributed by atoms with Crippen LogP contribution in [-0.4, -0.2) is 38.5 Å². The van der Waals surface area contributed by atoms with E-state index in [1.807, 2.05) is 32.9 Å². The van der Waals surface area contributed by atoms with Gasteiger partial charge in [-0.15, -0.1) is 0 Å². The molecular weight excluding hydrogens is 360 g/mol. The topological polar surface area (TPSA) is 78.4 Å². The van der Waals surface area contributed by atoms with Crippen LogP contribution in [0.15, 0.2) is 47.6 Å². The lowest BCUT2D eigenvalue weighted by Crippen LogP contribution is -2.24. The smallest absolute Gasteiger partial charge is 0.277 e. The van der Waals surface area contributed by atoms with Crippen molar-refractivity contribution in [3.63, 3.8) is 0 Å². The standard InChI is InChI=1S/C21H26N2O5/c1-4-25-17-8-10-18(11-9-17)28-15-21(24)23-22-14-16-7-12-19(26-5-2)20(13-16)27-6-3/h7-14H,4-6,15H2,1-3H3,(H,23,24)/b22-14-. The molecule has 2 rings (SSSR count). The lowest BCUT2D eigenvalue weighted by molar-refractivity contribution is -0.123. The normalized spacial score (nSPS) is 10.5. The zero-order valence-corrected chi connectivity index (χ0v) is 16.4. The third-order valence-electron chi connectivity index (χ3n) is 3.47. The van der Waals surface area contributed by atoms with Crippen molar-refractivity contribution in [1.82, 2.24) is 5.43 Å². The summed E-state index contributed by atoms with van der Waals surface area (Å²) >= 11 is 0. The third kappa shape index (κ3) is 6.83. The Morgan fingerprint density at radius 3 is 2.11 bits per heavy atom. The van der Waals surface area contributed by atoms with Crippen molar-refractivity contribution >= 4 is 12.1 Å². The van der Waals surface area contributed by atoms with E-state index in [0.29, 0.717) is 37.1 Å². The first kappa shape index (κ1) is 21.1. The molecule has 2 aromatic rings. The lowest BCUT2D eigenvalue weighted by Gasteiger charge is -2.11. The fourth-order valence-corrected chi connectivity index (χ4v) is 2.31. The molecule has 1 amide bonds. The third-order valence-corrected chi connectivity index (χ3v) is 3.47. The van der Waals surface area contributed by atoms with Crippen molar-refractivity contribution < 1.29 is 23.7 Å². The molecule has 0 aliphatic heterocycles. The molecule has 0 saturated heterocycles. The first-order valence-electron chi connectivity index (χ1n) is 9.23. The number of hydrogen-bond acceptors (Lipinski definition) is 6. The molecule has 0 aliphatic rings. The molecule has 0 heterocycles. The number of carbonyl (C=O) groups excluding carboxylic acids is 1. The predicted octanol–water partition coefficient (Wildman–Crippen LogP) is 3.41. The highest BCUT2D eigenvalue weighted by Gasteiger charge is 2.06. The molecule has 2 aromatic carbocycles. The summed E-state index contributed by atoms with van der Waals surface area (Å²) in [6.07, 6.45) is 1.53. The van der Waals surface area contributed by atoms with E-state index in [4.69, 9.17) is 18.9 Å². The van der Waals surface area contributed by atoms with Gasteiger partial charge < -0.3 is 18.9 Å². The van der Waals surface area contributed by atoms with E-state index in [2.05, 4.69) is 10.5 Å². The molecule has 7 nitrogen and oxygen atoms in total. The Hall–Kier alpha value is -3.22. The van der Waals surface area contributed by atoms with Gasteiger partial charge >= 0.3 is 0 Å². The Bertz CT molecular complexity index is 775. The Morgan fingerprint density at radius 2 is 1.46 bits per heavy atom. The molecule has 0 aromatic heterocycles. The van der Waals surface area contributed by atoms with Crippen LogP contribution in [0, 0.1) is 0 Å². The van der Waals surface area contributed by atoms with Crippen LogP contribution in [-0.2, 0) is 4.79 Å². The van der Waals surface area contributed by atoms with Gasteiger partial charge in [-0.1, -0.05) is 0 Å². The Balaban J connectivity index is 1.84. The highest BCUT2D eigenvalue weighted by Crippen LogP contribution is 2.28. The summed E-state index contributed by atoms with van der Waals surface area (Å²) in [4.78, 5) is 11.9. The molecule has 0 atom stereocenters. The van der Waals surface area contributed by atoms with Crippen molar-refractivity contribution in [2.24, 2.45) is 5.10 Å². The largest absolute Gasteiger partial charge is 0.494 e. The highest BCUT2D eigenvalue weighted by atomic mass is 16.5. The monoisotopic (exact) mass is 386 g/mol. The summed E-state index contributed by atoms with van der Waals surface area (Å²) in [5.74, 6) is 2.29. The highest BCUT2D eigenvalue weighted by molar-refractivity contribution is 5.83. The van der Waals surface area contributed by atoms with Gasteiger partial charge in [-0.05, 0) is 68.8 Å². The number of benzene rings is 2. The Morgan fingerprint density at radius 1 is 0.857 bits per heavy atom. The maximum atomic E-state index is 11.9. The molecule has 0 radical (unpaired) electrons. The maximum absolute atomic E-state index is 11.9. The van der Waals surface area contributed by atoms with Gasteiger partial charge in [-0.25, -0.2) is 5.43 Å². The van der Waals surface area contributed by atoms with Crippen LogP contribution in [0.2, 0.25) is 0 Å². The second kappa shape index (κ2) is 11.5. The van der Waals surface area contributed by atoms with E-state index in [1.165, 1.54) is 6.21 Å². The van der Waals surface area contributed by atoms with E-state index in [-0.39, 0.29) is 12.5 Å². The molecule has 0 bridgehead atoms. The van der Waals surface area contributed by atoms with Gasteiger partial charge in [0.25, 0.3) is 5.91 Å². The van der Waals surface area contributed by atoms with E-state index >= 15 is 0 Å². The molecular formula is C21H26N2O5. The molecule has 0 fully saturated rings. The van der Waals surface area contributed by atoms with Crippen molar-refractivity contribution in [3.05, 3.63) is 48.0 Å².